The highest BCUT2D eigenvalue weighted by molar-refractivity contribution is 7.90. The van der Waals surface area contributed by atoms with E-state index >= 15 is 0 Å². The molecule has 0 N–H and O–H groups in total. The Morgan fingerprint density at radius 3 is 2.57 bits per heavy atom. The van der Waals surface area contributed by atoms with Gasteiger partial charge in [0.1, 0.15) is 9.84 Å². The van der Waals surface area contributed by atoms with Gasteiger partial charge in [-0.05, 0) is 31.8 Å². The average molecular weight is 334 g/mol. The lowest BCUT2D eigenvalue weighted by Crippen LogP contribution is -2.35. The molecular formula is C17H22N2O3S. The molecule has 2 aromatic rings. The molecule has 5 nitrogen and oxygen atoms in total. The highest BCUT2D eigenvalue weighted by Gasteiger charge is 2.23. The minimum Gasteiger partial charge on any atom is -0.356 e. The maximum atomic E-state index is 11.4. The molecule has 0 saturated carbocycles. The molecule has 3 rings (SSSR count). The van der Waals surface area contributed by atoms with Crippen LogP contribution in [0.2, 0.25) is 0 Å². The van der Waals surface area contributed by atoms with Gasteiger partial charge < -0.3 is 4.52 Å². The van der Waals surface area contributed by atoms with Crippen LogP contribution in [0.3, 0.4) is 0 Å². The van der Waals surface area contributed by atoms with Crippen LogP contribution < -0.4 is 0 Å². The highest BCUT2D eigenvalue weighted by Crippen LogP contribution is 2.23. The summed E-state index contributed by atoms with van der Waals surface area (Å²) in [5, 5.41) is 4.15. The lowest BCUT2D eigenvalue weighted by Gasteiger charge is -2.30. The third-order valence-electron chi connectivity index (χ3n) is 4.25. The highest BCUT2D eigenvalue weighted by atomic mass is 32.2. The molecule has 1 aliphatic rings. The number of likely N-dealkylation sites (tertiary alicyclic amines) is 1. The maximum absolute atomic E-state index is 11.4. The van der Waals surface area contributed by atoms with Crippen LogP contribution in [0.5, 0.6) is 0 Å². The molecular weight excluding hydrogens is 312 g/mol. The molecule has 6 heteroatoms. The second-order valence-corrected chi connectivity index (χ2v) is 8.55. The molecule has 23 heavy (non-hydrogen) atoms. The normalized spacial score (nSPS) is 17.4. The Bertz CT molecular complexity index is 732. The summed E-state index contributed by atoms with van der Waals surface area (Å²) < 4.78 is 28.2. The molecule has 1 aromatic heterocycles. The predicted octanol–water partition coefficient (Wildman–Crippen LogP) is 2.60. The zero-order valence-electron chi connectivity index (χ0n) is 13.3. The number of sulfone groups is 1. The van der Waals surface area contributed by atoms with Gasteiger partial charge in [-0.1, -0.05) is 35.5 Å². The standard InChI is InChI=1S/C17H22N2O3S/c1-23(20,21)13-14-7-9-19(10-8-14)12-16-11-17(22-18-16)15-5-3-2-4-6-15/h2-6,11,14H,7-10,12-13H2,1H3. The summed E-state index contributed by atoms with van der Waals surface area (Å²) in [6, 6.07) is 11.9. The zero-order chi connectivity index (χ0) is 16.3. The molecule has 0 aliphatic carbocycles. The van der Waals surface area contributed by atoms with Crippen molar-refractivity contribution in [1.82, 2.24) is 10.1 Å². The summed E-state index contributed by atoms with van der Waals surface area (Å²) in [7, 11) is -2.87. The van der Waals surface area contributed by atoms with E-state index in [9.17, 15) is 8.42 Å². The van der Waals surface area contributed by atoms with Crippen LogP contribution >= 0.6 is 0 Å². The van der Waals surface area contributed by atoms with E-state index in [-0.39, 0.29) is 0 Å². The van der Waals surface area contributed by atoms with E-state index in [1.54, 1.807) is 0 Å². The van der Waals surface area contributed by atoms with Crippen molar-refractivity contribution in [3.05, 3.63) is 42.1 Å². The van der Waals surface area contributed by atoms with Gasteiger partial charge in [0.25, 0.3) is 0 Å². The number of piperidine rings is 1. The van der Waals surface area contributed by atoms with E-state index in [0.29, 0.717) is 11.7 Å². The van der Waals surface area contributed by atoms with Crippen LogP contribution in [0, 0.1) is 5.92 Å². The van der Waals surface area contributed by atoms with E-state index in [4.69, 9.17) is 4.52 Å². The van der Waals surface area contributed by atoms with Gasteiger partial charge in [0.05, 0.1) is 11.4 Å². The van der Waals surface area contributed by atoms with Gasteiger partial charge in [-0.15, -0.1) is 0 Å². The van der Waals surface area contributed by atoms with Gasteiger partial charge in [0, 0.05) is 24.4 Å². The Morgan fingerprint density at radius 2 is 1.91 bits per heavy atom. The first-order valence-corrected chi connectivity index (χ1v) is 9.97. The van der Waals surface area contributed by atoms with Crippen molar-refractivity contribution in [1.29, 1.82) is 0 Å². The lowest BCUT2D eigenvalue weighted by atomic mass is 9.99. The molecule has 1 aliphatic heterocycles. The Labute approximate surface area is 137 Å². The van der Waals surface area contributed by atoms with Crippen molar-refractivity contribution in [2.45, 2.75) is 19.4 Å². The maximum Gasteiger partial charge on any atom is 0.167 e. The quantitative estimate of drug-likeness (QED) is 0.841. The first-order chi connectivity index (χ1) is 11.0. The number of benzene rings is 1. The third kappa shape index (κ3) is 4.65. The third-order valence-corrected chi connectivity index (χ3v) is 5.33. The summed E-state index contributed by atoms with van der Waals surface area (Å²) >= 11 is 0. The second-order valence-electron chi connectivity index (χ2n) is 6.36. The Morgan fingerprint density at radius 1 is 1.22 bits per heavy atom. The first kappa shape index (κ1) is 16.2. The van der Waals surface area contributed by atoms with Crippen LogP contribution in [-0.4, -0.2) is 43.6 Å². The van der Waals surface area contributed by atoms with Crippen molar-refractivity contribution < 1.29 is 12.9 Å². The molecule has 0 spiro atoms. The van der Waals surface area contributed by atoms with E-state index in [1.807, 2.05) is 36.4 Å². The number of rotatable bonds is 5. The largest absolute Gasteiger partial charge is 0.356 e. The van der Waals surface area contributed by atoms with Crippen LogP contribution in [0.4, 0.5) is 0 Å². The number of nitrogens with zero attached hydrogens (tertiary/aromatic N) is 2. The molecule has 1 aromatic carbocycles. The van der Waals surface area contributed by atoms with Gasteiger partial charge >= 0.3 is 0 Å². The summed E-state index contributed by atoms with van der Waals surface area (Å²) in [5.41, 5.74) is 1.95. The minimum absolute atomic E-state index is 0.290. The molecule has 1 saturated heterocycles. The van der Waals surface area contributed by atoms with E-state index in [2.05, 4.69) is 10.1 Å². The fraction of sp³-hybridized carbons (Fsp3) is 0.471. The van der Waals surface area contributed by atoms with Crippen molar-refractivity contribution in [3.63, 3.8) is 0 Å². The predicted molar refractivity (Wildman–Crippen MR) is 89.7 cm³/mol. The molecule has 0 unspecified atom stereocenters. The number of hydrogen-bond acceptors (Lipinski definition) is 5. The molecule has 0 atom stereocenters. The molecule has 0 bridgehead atoms. The van der Waals surface area contributed by atoms with Crippen LogP contribution in [0.1, 0.15) is 18.5 Å². The van der Waals surface area contributed by atoms with Crippen LogP contribution in [0.15, 0.2) is 40.9 Å². The van der Waals surface area contributed by atoms with E-state index in [1.165, 1.54) is 6.26 Å². The zero-order valence-corrected chi connectivity index (χ0v) is 14.1. The first-order valence-electron chi connectivity index (χ1n) is 7.91. The Balaban J connectivity index is 1.54. The van der Waals surface area contributed by atoms with Gasteiger partial charge in [0.2, 0.25) is 0 Å². The van der Waals surface area contributed by atoms with E-state index < -0.39 is 9.84 Å². The molecule has 124 valence electrons. The Kier molecular flexibility index (Phi) is 4.82. The molecule has 0 radical (unpaired) electrons. The van der Waals surface area contributed by atoms with Crippen LogP contribution in [-0.2, 0) is 16.4 Å². The van der Waals surface area contributed by atoms with Crippen LogP contribution in [0.25, 0.3) is 11.3 Å². The number of hydrogen-bond donors (Lipinski definition) is 0. The Hall–Kier alpha value is -1.66. The van der Waals surface area contributed by atoms with Crippen molar-refractivity contribution >= 4 is 9.84 Å². The average Bonchev–Trinajstić information content (AvgIpc) is 2.97. The molecule has 2 heterocycles. The SMILES string of the molecule is CS(=O)(=O)CC1CCN(Cc2cc(-c3ccccc3)on2)CC1. The second kappa shape index (κ2) is 6.84. The van der Waals surface area contributed by atoms with Gasteiger partial charge in [-0.3, -0.25) is 4.90 Å². The van der Waals surface area contributed by atoms with Gasteiger partial charge in [0.15, 0.2) is 5.76 Å². The lowest BCUT2D eigenvalue weighted by molar-refractivity contribution is 0.182. The summed E-state index contributed by atoms with van der Waals surface area (Å²) in [6.07, 6.45) is 3.17. The molecule has 1 fully saturated rings. The number of aromatic nitrogens is 1. The van der Waals surface area contributed by atoms with Crippen molar-refractivity contribution in [2.24, 2.45) is 5.92 Å². The summed E-state index contributed by atoms with van der Waals surface area (Å²) in [4.78, 5) is 2.31. The molecule has 0 amide bonds. The summed E-state index contributed by atoms with van der Waals surface area (Å²) in [5.74, 6) is 1.38. The van der Waals surface area contributed by atoms with Gasteiger partial charge in [-0.2, -0.15) is 0 Å². The fourth-order valence-corrected chi connectivity index (χ4v) is 4.28. The fourth-order valence-electron chi connectivity index (χ4n) is 3.09. The van der Waals surface area contributed by atoms with E-state index in [0.717, 1.165) is 49.5 Å². The minimum atomic E-state index is -2.87. The summed E-state index contributed by atoms with van der Waals surface area (Å²) in [6.45, 7) is 2.57. The topological polar surface area (TPSA) is 63.4 Å². The van der Waals surface area contributed by atoms with Crippen molar-refractivity contribution in [3.8, 4) is 11.3 Å². The van der Waals surface area contributed by atoms with Crippen molar-refractivity contribution in [2.75, 3.05) is 25.1 Å². The smallest absolute Gasteiger partial charge is 0.167 e. The monoisotopic (exact) mass is 334 g/mol. The van der Waals surface area contributed by atoms with Gasteiger partial charge in [-0.25, -0.2) is 8.42 Å².